The first kappa shape index (κ1) is 15.7. The molecule has 1 aliphatic heterocycles. The maximum atomic E-state index is 13.9. The van der Waals surface area contributed by atoms with Crippen molar-refractivity contribution in [1.29, 1.82) is 0 Å². The number of furan rings is 1. The zero-order valence-corrected chi connectivity index (χ0v) is 13.1. The second-order valence-electron chi connectivity index (χ2n) is 5.59. The normalized spacial score (nSPS) is 19.6. The van der Waals surface area contributed by atoms with Crippen molar-refractivity contribution in [2.75, 3.05) is 11.5 Å². The number of amides is 1. The fraction of sp³-hybridized carbons (Fsp3) is 0.312. The van der Waals surface area contributed by atoms with E-state index in [0.717, 1.165) is 0 Å². The molecule has 0 N–H and O–H groups in total. The van der Waals surface area contributed by atoms with E-state index in [1.54, 1.807) is 18.2 Å². The van der Waals surface area contributed by atoms with Gasteiger partial charge in [-0.05, 0) is 18.6 Å². The van der Waals surface area contributed by atoms with E-state index >= 15 is 0 Å². The lowest BCUT2D eigenvalue weighted by Crippen LogP contribution is -2.40. The monoisotopic (exact) mass is 337 g/mol. The molecule has 3 rings (SSSR count). The van der Waals surface area contributed by atoms with Crippen LogP contribution >= 0.6 is 0 Å². The SMILES string of the molecule is O=C(c1ccoc1)N(Cc1ccccc1F)C1CCS(=O)(=O)C1. The summed E-state index contributed by atoms with van der Waals surface area (Å²) in [6.45, 7) is 0.0247. The number of carbonyl (C=O) groups excluding carboxylic acids is 1. The molecule has 2 aromatic rings. The van der Waals surface area contributed by atoms with Gasteiger partial charge in [0.15, 0.2) is 9.84 Å². The van der Waals surface area contributed by atoms with E-state index in [1.165, 1.54) is 29.6 Å². The van der Waals surface area contributed by atoms with E-state index in [2.05, 4.69) is 0 Å². The predicted molar refractivity (Wildman–Crippen MR) is 82.0 cm³/mol. The highest BCUT2D eigenvalue weighted by Gasteiger charge is 2.35. The second-order valence-corrected chi connectivity index (χ2v) is 7.82. The molecule has 1 aliphatic rings. The minimum absolute atomic E-state index is 0.0247. The smallest absolute Gasteiger partial charge is 0.257 e. The Labute approximate surface area is 133 Å². The van der Waals surface area contributed by atoms with Crippen LogP contribution in [-0.4, -0.2) is 36.8 Å². The molecule has 0 bridgehead atoms. The molecule has 2 heterocycles. The van der Waals surface area contributed by atoms with Crippen LogP contribution in [0.2, 0.25) is 0 Å². The summed E-state index contributed by atoms with van der Waals surface area (Å²) in [7, 11) is -3.16. The molecule has 1 amide bonds. The highest BCUT2D eigenvalue weighted by Crippen LogP contribution is 2.23. The van der Waals surface area contributed by atoms with Gasteiger partial charge in [-0.15, -0.1) is 0 Å². The number of sulfone groups is 1. The van der Waals surface area contributed by atoms with Gasteiger partial charge in [0.05, 0.1) is 23.3 Å². The van der Waals surface area contributed by atoms with Crippen molar-refractivity contribution in [3.63, 3.8) is 0 Å². The fourth-order valence-corrected chi connectivity index (χ4v) is 4.48. The minimum Gasteiger partial charge on any atom is -0.472 e. The van der Waals surface area contributed by atoms with Crippen molar-refractivity contribution >= 4 is 15.7 Å². The lowest BCUT2D eigenvalue weighted by Gasteiger charge is -2.28. The molecule has 1 unspecified atom stereocenters. The predicted octanol–water partition coefficient (Wildman–Crippen LogP) is 2.25. The van der Waals surface area contributed by atoms with Gasteiger partial charge in [0.2, 0.25) is 0 Å². The van der Waals surface area contributed by atoms with Crippen LogP contribution in [-0.2, 0) is 16.4 Å². The van der Waals surface area contributed by atoms with Crippen molar-refractivity contribution in [3.8, 4) is 0 Å². The molecule has 0 spiro atoms. The lowest BCUT2D eigenvalue weighted by molar-refractivity contribution is 0.0678. The van der Waals surface area contributed by atoms with Crippen molar-refractivity contribution in [1.82, 2.24) is 4.90 Å². The average Bonchev–Trinajstić information content (AvgIpc) is 3.15. The molecule has 1 aromatic carbocycles. The maximum Gasteiger partial charge on any atom is 0.257 e. The van der Waals surface area contributed by atoms with Crippen LogP contribution in [0.25, 0.3) is 0 Å². The Bertz CT molecular complexity index is 801. The first-order valence-electron chi connectivity index (χ1n) is 7.23. The zero-order valence-electron chi connectivity index (χ0n) is 12.3. The van der Waals surface area contributed by atoms with Crippen LogP contribution in [0.1, 0.15) is 22.3 Å². The number of benzene rings is 1. The van der Waals surface area contributed by atoms with Crippen LogP contribution in [0.3, 0.4) is 0 Å². The van der Waals surface area contributed by atoms with E-state index in [4.69, 9.17) is 4.42 Å². The molecule has 23 heavy (non-hydrogen) atoms. The molecule has 0 saturated carbocycles. The molecule has 1 fully saturated rings. The van der Waals surface area contributed by atoms with E-state index < -0.39 is 21.7 Å². The second kappa shape index (κ2) is 6.16. The third-order valence-corrected chi connectivity index (χ3v) is 5.73. The molecule has 1 saturated heterocycles. The summed E-state index contributed by atoms with van der Waals surface area (Å²) >= 11 is 0. The molecule has 5 nitrogen and oxygen atoms in total. The van der Waals surface area contributed by atoms with Gasteiger partial charge in [-0.3, -0.25) is 4.79 Å². The number of nitrogens with zero attached hydrogens (tertiary/aromatic N) is 1. The topological polar surface area (TPSA) is 67.6 Å². The molecule has 7 heteroatoms. The third-order valence-electron chi connectivity index (χ3n) is 3.98. The zero-order chi connectivity index (χ0) is 16.4. The Morgan fingerprint density at radius 2 is 2.09 bits per heavy atom. The van der Waals surface area contributed by atoms with Gasteiger partial charge >= 0.3 is 0 Å². The molecular weight excluding hydrogens is 321 g/mol. The van der Waals surface area contributed by atoms with E-state index in [0.29, 0.717) is 17.5 Å². The van der Waals surface area contributed by atoms with Crippen molar-refractivity contribution in [2.45, 2.75) is 19.0 Å². The molecule has 1 atom stereocenters. The Morgan fingerprint density at radius 1 is 1.30 bits per heavy atom. The van der Waals surface area contributed by atoms with Gasteiger partial charge < -0.3 is 9.32 Å². The molecule has 122 valence electrons. The van der Waals surface area contributed by atoms with Gasteiger partial charge in [0.25, 0.3) is 5.91 Å². The molecular formula is C16H16FNO4S. The quantitative estimate of drug-likeness (QED) is 0.858. The van der Waals surface area contributed by atoms with Crippen LogP contribution in [0.15, 0.2) is 47.3 Å². The Hall–Kier alpha value is -2.15. The fourth-order valence-electron chi connectivity index (χ4n) is 2.75. The summed E-state index contributed by atoms with van der Waals surface area (Å²) in [5, 5.41) is 0. The summed E-state index contributed by atoms with van der Waals surface area (Å²) in [5.74, 6) is -0.822. The summed E-state index contributed by atoms with van der Waals surface area (Å²) in [6, 6.07) is 7.23. The Kier molecular flexibility index (Phi) is 4.21. The first-order chi connectivity index (χ1) is 11.0. The average molecular weight is 337 g/mol. The summed E-state index contributed by atoms with van der Waals surface area (Å²) in [6.07, 6.45) is 3.04. The van der Waals surface area contributed by atoms with E-state index in [1.807, 2.05) is 0 Å². The highest BCUT2D eigenvalue weighted by molar-refractivity contribution is 7.91. The van der Waals surface area contributed by atoms with Crippen LogP contribution in [0.5, 0.6) is 0 Å². The first-order valence-corrected chi connectivity index (χ1v) is 9.05. The Balaban J connectivity index is 1.90. The van der Waals surface area contributed by atoms with Gasteiger partial charge in [-0.25, -0.2) is 12.8 Å². The molecule has 0 aliphatic carbocycles. The van der Waals surface area contributed by atoms with Gasteiger partial charge in [-0.2, -0.15) is 0 Å². The molecule has 0 radical (unpaired) electrons. The standard InChI is InChI=1S/C16H16FNO4S/c17-15-4-2-1-3-12(15)9-18(14-6-8-23(20,21)11-14)16(19)13-5-7-22-10-13/h1-5,7,10,14H,6,8-9,11H2. The maximum absolute atomic E-state index is 13.9. The number of hydrogen-bond donors (Lipinski definition) is 0. The van der Waals surface area contributed by atoms with Gasteiger partial charge in [0, 0.05) is 18.2 Å². The van der Waals surface area contributed by atoms with Crippen LogP contribution < -0.4 is 0 Å². The number of halogens is 1. The van der Waals surface area contributed by atoms with E-state index in [9.17, 15) is 17.6 Å². The van der Waals surface area contributed by atoms with Crippen LogP contribution in [0.4, 0.5) is 4.39 Å². The van der Waals surface area contributed by atoms with Gasteiger partial charge in [-0.1, -0.05) is 18.2 Å². The van der Waals surface area contributed by atoms with Gasteiger partial charge in [0.1, 0.15) is 12.1 Å². The number of carbonyl (C=O) groups is 1. The largest absolute Gasteiger partial charge is 0.472 e. The minimum atomic E-state index is -3.16. The third kappa shape index (κ3) is 3.44. The summed E-state index contributed by atoms with van der Waals surface area (Å²) < 4.78 is 42.3. The van der Waals surface area contributed by atoms with Crippen LogP contribution in [0, 0.1) is 5.82 Å². The van der Waals surface area contributed by atoms with Crippen molar-refractivity contribution < 1.29 is 22.0 Å². The lowest BCUT2D eigenvalue weighted by atomic mass is 10.1. The number of hydrogen-bond acceptors (Lipinski definition) is 4. The molecule has 1 aromatic heterocycles. The summed E-state index contributed by atoms with van der Waals surface area (Å²) in [5.41, 5.74) is 0.680. The number of rotatable bonds is 4. The van der Waals surface area contributed by atoms with Crippen molar-refractivity contribution in [2.24, 2.45) is 0 Å². The van der Waals surface area contributed by atoms with Crippen molar-refractivity contribution in [3.05, 3.63) is 59.8 Å². The Morgan fingerprint density at radius 3 is 2.70 bits per heavy atom. The summed E-state index contributed by atoms with van der Waals surface area (Å²) in [4.78, 5) is 14.1. The highest BCUT2D eigenvalue weighted by atomic mass is 32.2. The van der Waals surface area contributed by atoms with E-state index in [-0.39, 0.29) is 24.0 Å².